The Morgan fingerprint density at radius 3 is 2.29 bits per heavy atom. The number of aliphatic imine (C=N–C) groups is 1. The average Bonchev–Trinajstić information content (AvgIpc) is 2.72. The molecule has 4 nitrogen and oxygen atoms in total. The molecule has 0 saturated heterocycles. The van der Waals surface area contributed by atoms with E-state index in [1.165, 1.54) is 4.90 Å². The largest absolute Gasteiger partial charge is 0.296 e. The van der Waals surface area contributed by atoms with Gasteiger partial charge in [-0.15, -0.1) is 0 Å². The maximum Gasteiger partial charge on any atom is 0.266 e. The zero-order valence-corrected chi connectivity index (χ0v) is 11.8. The van der Waals surface area contributed by atoms with Gasteiger partial charge in [0.2, 0.25) is 0 Å². The van der Waals surface area contributed by atoms with E-state index in [0.717, 1.165) is 11.1 Å². The highest BCUT2D eigenvalue weighted by atomic mass is 16.2. The van der Waals surface area contributed by atoms with Crippen molar-refractivity contribution in [3.8, 4) is 0 Å². The molecule has 0 radical (unpaired) electrons. The summed E-state index contributed by atoms with van der Waals surface area (Å²) in [6, 6.07) is 12.5. The molecule has 0 saturated carbocycles. The number of hydrogen-bond donors (Lipinski definition) is 0. The quantitative estimate of drug-likeness (QED) is 0.626. The molecule has 104 valence electrons. The van der Waals surface area contributed by atoms with Crippen LogP contribution in [-0.2, 0) is 0 Å². The summed E-state index contributed by atoms with van der Waals surface area (Å²) in [7, 11) is 1.67. The number of benzene rings is 2. The first kappa shape index (κ1) is 13.2. The van der Waals surface area contributed by atoms with Crippen LogP contribution in [0.2, 0.25) is 0 Å². The Bertz CT molecular complexity index is 761. The molecule has 3 rings (SSSR count). The smallest absolute Gasteiger partial charge is 0.266 e. The third-order valence-corrected chi connectivity index (χ3v) is 3.48. The average molecular weight is 278 g/mol. The van der Waals surface area contributed by atoms with Crippen LogP contribution in [0.15, 0.2) is 47.5 Å². The normalized spacial score (nSPS) is 14.1. The lowest BCUT2D eigenvalue weighted by Gasteiger charge is -2.13. The fraction of sp³-hybridized carbons (Fsp3) is 0.118. The molecule has 2 aromatic carbocycles. The number of aryl methyl sites for hydroxylation is 1. The Morgan fingerprint density at radius 1 is 0.952 bits per heavy atom. The van der Waals surface area contributed by atoms with Gasteiger partial charge in [-0.05, 0) is 36.8 Å². The van der Waals surface area contributed by atoms with E-state index < -0.39 is 0 Å². The van der Waals surface area contributed by atoms with Gasteiger partial charge in [0.25, 0.3) is 11.8 Å². The van der Waals surface area contributed by atoms with Crippen molar-refractivity contribution >= 4 is 23.7 Å². The van der Waals surface area contributed by atoms with E-state index in [0.29, 0.717) is 16.8 Å². The molecule has 0 N–H and O–H groups in total. The summed E-state index contributed by atoms with van der Waals surface area (Å²) in [6.07, 6.45) is 1.66. The summed E-state index contributed by atoms with van der Waals surface area (Å²) in [5.41, 5.74) is 3.35. The number of hydrogen-bond acceptors (Lipinski definition) is 3. The first-order valence-electron chi connectivity index (χ1n) is 6.63. The van der Waals surface area contributed by atoms with E-state index in [1.807, 2.05) is 19.1 Å². The van der Waals surface area contributed by atoms with Crippen LogP contribution in [0, 0.1) is 6.92 Å². The maximum atomic E-state index is 12.5. The molecule has 1 aliphatic heterocycles. The third-order valence-electron chi connectivity index (χ3n) is 3.48. The second-order valence-electron chi connectivity index (χ2n) is 4.97. The second kappa shape index (κ2) is 4.98. The number of carbonyl (C=O) groups is 2. The van der Waals surface area contributed by atoms with Gasteiger partial charge in [0.15, 0.2) is 0 Å². The molecule has 2 aromatic rings. The van der Waals surface area contributed by atoms with Crippen molar-refractivity contribution in [2.45, 2.75) is 6.92 Å². The van der Waals surface area contributed by atoms with Crippen LogP contribution in [0.5, 0.6) is 0 Å². The molecule has 0 aliphatic carbocycles. The predicted molar refractivity (Wildman–Crippen MR) is 82.3 cm³/mol. The monoisotopic (exact) mass is 278 g/mol. The standard InChI is InChI=1S/C17H14N2O2/c1-11-3-6-13(7-4-11)19-16(20)14-8-5-12(10-18-2)9-15(14)17(19)21/h3-10H,1-2H3/b18-10+. The van der Waals surface area contributed by atoms with E-state index in [2.05, 4.69) is 4.99 Å². The summed E-state index contributed by atoms with van der Waals surface area (Å²) in [5.74, 6) is -0.566. The van der Waals surface area contributed by atoms with Crippen molar-refractivity contribution in [2.75, 3.05) is 11.9 Å². The minimum Gasteiger partial charge on any atom is -0.296 e. The molecule has 0 spiro atoms. The molecule has 21 heavy (non-hydrogen) atoms. The SMILES string of the molecule is C/N=C/c1ccc2c(c1)C(=O)N(c1ccc(C)cc1)C2=O. The highest BCUT2D eigenvalue weighted by molar-refractivity contribution is 6.34. The lowest BCUT2D eigenvalue weighted by molar-refractivity contribution is 0.0926. The lowest BCUT2D eigenvalue weighted by atomic mass is 10.1. The Kier molecular flexibility index (Phi) is 3.14. The van der Waals surface area contributed by atoms with Gasteiger partial charge in [-0.1, -0.05) is 23.8 Å². The van der Waals surface area contributed by atoms with Gasteiger partial charge >= 0.3 is 0 Å². The Hall–Kier alpha value is -2.75. The first-order chi connectivity index (χ1) is 10.1. The second-order valence-corrected chi connectivity index (χ2v) is 4.97. The zero-order chi connectivity index (χ0) is 15.0. The van der Waals surface area contributed by atoms with Crippen LogP contribution < -0.4 is 4.90 Å². The summed E-state index contributed by atoms with van der Waals surface area (Å²) in [6.45, 7) is 1.96. The van der Waals surface area contributed by atoms with Gasteiger partial charge < -0.3 is 0 Å². The summed E-state index contributed by atoms with van der Waals surface area (Å²) >= 11 is 0. The molecule has 0 bridgehead atoms. The van der Waals surface area contributed by atoms with Gasteiger partial charge in [0.1, 0.15) is 0 Å². The van der Waals surface area contributed by atoms with Crippen LogP contribution in [0.4, 0.5) is 5.69 Å². The molecule has 2 amide bonds. The molecular weight excluding hydrogens is 264 g/mol. The van der Waals surface area contributed by atoms with Crippen molar-refractivity contribution in [1.29, 1.82) is 0 Å². The fourth-order valence-electron chi connectivity index (χ4n) is 2.42. The van der Waals surface area contributed by atoms with E-state index >= 15 is 0 Å². The van der Waals surface area contributed by atoms with Gasteiger partial charge in [0, 0.05) is 13.3 Å². The van der Waals surface area contributed by atoms with Gasteiger partial charge in [0.05, 0.1) is 16.8 Å². The number of rotatable bonds is 2. The van der Waals surface area contributed by atoms with Crippen LogP contribution in [0.25, 0.3) is 0 Å². The lowest BCUT2D eigenvalue weighted by Crippen LogP contribution is -2.29. The molecule has 1 heterocycles. The third kappa shape index (κ3) is 2.14. The molecule has 1 aliphatic rings. The molecule has 0 atom stereocenters. The van der Waals surface area contributed by atoms with Crippen LogP contribution in [0.1, 0.15) is 31.8 Å². The molecule has 4 heteroatoms. The Balaban J connectivity index is 2.06. The van der Waals surface area contributed by atoms with E-state index in [-0.39, 0.29) is 11.8 Å². The summed E-state index contributed by atoms with van der Waals surface area (Å²) < 4.78 is 0. The van der Waals surface area contributed by atoms with Crippen LogP contribution in [-0.4, -0.2) is 25.1 Å². The van der Waals surface area contributed by atoms with Gasteiger partial charge in [-0.25, -0.2) is 4.90 Å². The van der Waals surface area contributed by atoms with Crippen molar-refractivity contribution < 1.29 is 9.59 Å². The minimum atomic E-state index is -0.287. The number of amides is 2. The van der Waals surface area contributed by atoms with Crippen molar-refractivity contribution in [3.05, 3.63) is 64.7 Å². The van der Waals surface area contributed by atoms with Crippen molar-refractivity contribution in [2.24, 2.45) is 4.99 Å². The highest BCUT2D eigenvalue weighted by Crippen LogP contribution is 2.28. The molecule has 0 aromatic heterocycles. The van der Waals surface area contributed by atoms with Crippen molar-refractivity contribution in [3.63, 3.8) is 0 Å². The Morgan fingerprint density at radius 2 is 1.62 bits per heavy atom. The van der Waals surface area contributed by atoms with Crippen LogP contribution in [0.3, 0.4) is 0 Å². The van der Waals surface area contributed by atoms with Gasteiger partial charge in [-0.2, -0.15) is 0 Å². The molecule has 0 unspecified atom stereocenters. The number of nitrogens with zero attached hydrogens (tertiary/aromatic N) is 2. The van der Waals surface area contributed by atoms with Crippen LogP contribution >= 0.6 is 0 Å². The number of anilines is 1. The fourth-order valence-corrected chi connectivity index (χ4v) is 2.42. The molecule has 0 fully saturated rings. The molecular formula is C17H14N2O2. The summed E-state index contributed by atoms with van der Waals surface area (Å²) in [5, 5.41) is 0. The number of carbonyl (C=O) groups excluding carboxylic acids is 2. The van der Waals surface area contributed by atoms with E-state index in [1.54, 1.807) is 43.6 Å². The van der Waals surface area contributed by atoms with Crippen molar-refractivity contribution in [1.82, 2.24) is 0 Å². The highest BCUT2D eigenvalue weighted by Gasteiger charge is 2.36. The minimum absolute atomic E-state index is 0.279. The Labute approximate surface area is 122 Å². The number of fused-ring (bicyclic) bond motifs is 1. The van der Waals surface area contributed by atoms with E-state index in [9.17, 15) is 9.59 Å². The first-order valence-corrected chi connectivity index (χ1v) is 6.63. The predicted octanol–water partition coefficient (Wildman–Crippen LogP) is 2.84. The van der Waals surface area contributed by atoms with Gasteiger partial charge in [-0.3, -0.25) is 14.6 Å². The summed E-state index contributed by atoms with van der Waals surface area (Å²) in [4.78, 5) is 30.1. The topological polar surface area (TPSA) is 49.7 Å². The maximum absolute atomic E-state index is 12.5. The zero-order valence-electron chi connectivity index (χ0n) is 11.8. The number of imide groups is 1. The van der Waals surface area contributed by atoms with E-state index in [4.69, 9.17) is 0 Å².